The SMILES string of the molecule is COC(=O)O[C@@]12CO[C@@H]1C[C@H](O)[C@@]1(C)C(=O)[C@H](OC(C)=O)C3=C(C)[C@@H](OC(=O)[C@H](O)[C@@H](NC(=O)C4CCC4)c4ccccc4)C[C@@](O)(C(OC(=O)c4ccccc4)C12)C3(C)C. The van der Waals surface area contributed by atoms with Gasteiger partial charge in [-0.05, 0) is 55.5 Å². The van der Waals surface area contributed by atoms with Crippen molar-refractivity contribution >= 4 is 35.8 Å². The van der Waals surface area contributed by atoms with Crippen molar-refractivity contribution in [3.63, 3.8) is 0 Å². The lowest BCUT2D eigenvalue weighted by atomic mass is 9.44. The first-order chi connectivity index (χ1) is 28.8. The summed E-state index contributed by atoms with van der Waals surface area (Å²) in [5.74, 6) is -6.17. The molecule has 16 nitrogen and oxygen atoms in total. The average Bonchev–Trinajstić information content (AvgIpc) is 3.20. The van der Waals surface area contributed by atoms with Crippen molar-refractivity contribution in [2.24, 2.45) is 22.7 Å². The maximum atomic E-state index is 15.5. The Labute approximate surface area is 352 Å². The minimum atomic E-state index is -2.41. The molecule has 11 atom stereocenters. The largest absolute Gasteiger partial charge is 0.508 e. The van der Waals surface area contributed by atoms with Gasteiger partial charge in [0.15, 0.2) is 23.6 Å². The number of aliphatic hydroxyl groups excluding tert-OH is 2. The number of hydrogen-bond donors (Lipinski definition) is 4. The highest BCUT2D eigenvalue weighted by molar-refractivity contribution is 5.95. The van der Waals surface area contributed by atoms with Crippen LogP contribution in [0.2, 0.25) is 0 Å². The van der Waals surface area contributed by atoms with Crippen LogP contribution in [0, 0.1) is 22.7 Å². The molecule has 7 rings (SSSR count). The highest BCUT2D eigenvalue weighted by Gasteiger charge is 2.78. The lowest BCUT2D eigenvalue weighted by molar-refractivity contribution is -0.344. The van der Waals surface area contributed by atoms with Crippen molar-refractivity contribution < 1.29 is 72.5 Å². The fourth-order valence-corrected chi connectivity index (χ4v) is 10.2. The summed E-state index contributed by atoms with van der Waals surface area (Å²) >= 11 is 0. The molecule has 1 saturated heterocycles. The molecule has 0 spiro atoms. The molecule has 1 aliphatic heterocycles. The van der Waals surface area contributed by atoms with Crippen LogP contribution in [-0.2, 0) is 47.6 Å². The number of aliphatic hydroxyl groups is 3. The van der Waals surface area contributed by atoms with Gasteiger partial charge >= 0.3 is 24.1 Å². The quantitative estimate of drug-likeness (QED) is 0.153. The number of esters is 3. The third kappa shape index (κ3) is 7.20. The third-order valence-corrected chi connectivity index (χ3v) is 14.0. The Bertz CT molecular complexity index is 2100. The predicted octanol–water partition coefficient (Wildman–Crippen LogP) is 3.44. The van der Waals surface area contributed by atoms with Crippen molar-refractivity contribution in [2.45, 2.75) is 121 Å². The lowest BCUT2D eigenvalue weighted by Crippen LogP contribution is -2.82. The number of hydrogen-bond acceptors (Lipinski definition) is 15. The molecule has 1 amide bonds. The molecule has 2 aromatic carbocycles. The maximum Gasteiger partial charge on any atom is 0.508 e. The number of ether oxygens (including phenoxy) is 6. The standard InChI is InChI=1S/C45H53NO15/c1-23-28(59-40(53)33(49)32(25-14-9-7-10-15-25)46-38(51)26-18-13-19-26)21-45(55)37(60-39(52)27-16-11-8-12-17-27)35-43(5,36(50)34(58-24(2)47)31(23)42(45,3)4)29(48)20-30-44(35,22-57-30)61-41(54)56-6/h7-12,14-17,26,28-30,32-35,37,48-49,55H,13,18-22H2,1-6H3,(H,46,51)/t28-,29-,30+,32-,33+,34+,35?,37?,43+,44-,45+/m0/s1. The first-order valence-electron chi connectivity index (χ1n) is 20.5. The Hall–Kier alpha value is -5.16. The number of fused-ring (bicyclic) bond motifs is 5. The summed E-state index contributed by atoms with van der Waals surface area (Å²) in [6, 6.07) is 15.0. The van der Waals surface area contributed by atoms with Crippen molar-refractivity contribution in [1.29, 1.82) is 0 Å². The zero-order valence-corrected chi connectivity index (χ0v) is 35.0. The number of methoxy groups -OCH3 is 1. The van der Waals surface area contributed by atoms with E-state index in [2.05, 4.69) is 5.32 Å². The van der Waals surface area contributed by atoms with Crippen molar-refractivity contribution in [2.75, 3.05) is 13.7 Å². The van der Waals surface area contributed by atoms with E-state index < -0.39 is 107 Å². The van der Waals surface area contributed by atoms with Gasteiger partial charge in [-0.2, -0.15) is 0 Å². The smallest absolute Gasteiger partial charge is 0.456 e. The summed E-state index contributed by atoms with van der Waals surface area (Å²) < 4.78 is 35.1. The normalized spacial score (nSPS) is 33.6. The molecule has 0 aromatic heterocycles. The monoisotopic (exact) mass is 847 g/mol. The van der Waals surface area contributed by atoms with Gasteiger partial charge in [-0.15, -0.1) is 0 Å². The molecule has 3 saturated carbocycles. The van der Waals surface area contributed by atoms with Crippen LogP contribution >= 0.6 is 0 Å². The van der Waals surface area contributed by atoms with Crippen LogP contribution in [0.5, 0.6) is 0 Å². The average molecular weight is 848 g/mol. The fraction of sp³-hybridized carbons (Fsp3) is 0.556. The van der Waals surface area contributed by atoms with Gasteiger partial charge in [0.1, 0.15) is 23.9 Å². The van der Waals surface area contributed by atoms with Gasteiger partial charge < -0.3 is 49.1 Å². The van der Waals surface area contributed by atoms with Gasteiger partial charge in [-0.25, -0.2) is 14.4 Å². The number of benzene rings is 2. The Kier molecular flexibility index (Phi) is 11.7. The van der Waals surface area contributed by atoms with Crippen LogP contribution in [0.3, 0.4) is 0 Å². The summed E-state index contributed by atoms with van der Waals surface area (Å²) in [4.78, 5) is 83.3. The summed E-state index contributed by atoms with van der Waals surface area (Å²) in [5, 5.41) is 40.3. The fourth-order valence-electron chi connectivity index (χ4n) is 10.2. The van der Waals surface area contributed by atoms with Crippen LogP contribution in [-0.4, -0.2) is 113 Å². The number of carbonyl (C=O) groups excluding carboxylic acids is 6. The molecule has 328 valence electrons. The number of amides is 1. The van der Waals surface area contributed by atoms with Crippen LogP contribution in [0.4, 0.5) is 4.79 Å². The molecule has 5 aliphatic rings. The first-order valence-corrected chi connectivity index (χ1v) is 20.5. The summed E-state index contributed by atoms with van der Waals surface area (Å²) in [6.45, 7) is 6.72. The first kappa shape index (κ1) is 43.9. The molecule has 2 bridgehead atoms. The predicted molar refractivity (Wildman–Crippen MR) is 211 cm³/mol. The molecule has 4 aliphatic carbocycles. The number of rotatable bonds is 10. The van der Waals surface area contributed by atoms with E-state index in [1.807, 2.05) is 0 Å². The van der Waals surface area contributed by atoms with Crippen LogP contribution in [0.15, 0.2) is 71.8 Å². The Morgan fingerprint density at radius 2 is 1.57 bits per heavy atom. The molecule has 2 aromatic rings. The topological polar surface area (TPSA) is 231 Å². The summed E-state index contributed by atoms with van der Waals surface area (Å²) in [6.07, 6.45) is -9.63. The van der Waals surface area contributed by atoms with Crippen molar-refractivity contribution in [3.8, 4) is 0 Å². The molecular formula is C45H53NO15. The van der Waals surface area contributed by atoms with Crippen LogP contribution in [0.1, 0.15) is 88.7 Å². The second-order valence-corrected chi connectivity index (χ2v) is 17.6. The van der Waals surface area contributed by atoms with Gasteiger partial charge in [0.25, 0.3) is 0 Å². The van der Waals surface area contributed by atoms with E-state index in [4.69, 9.17) is 28.4 Å². The maximum absolute atomic E-state index is 15.5. The van der Waals surface area contributed by atoms with E-state index in [0.29, 0.717) is 18.4 Å². The Balaban J connectivity index is 1.39. The van der Waals surface area contributed by atoms with Crippen LogP contribution in [0.25, 0.3) is 0 Å². The lowest BCUT2D eigenvalue weighted by Gasteiger charge is -2.67. The Morgan fingerprint density at radius 3 is 2.13 bits per heavy atom. The molecule has 0 radical (unpaired) electrons. The second kappa shape index (κ2) is 16.3. The highest BCUT2D eigenvalue weighted by atomic mass is 16.8. The Morgan fingerprint density at radius 1 is 0.934 bits per heavy atom. The van der Waals surface area contributed by atoms with E-state index >= 15 is 4.79 Å². The zero-order valence-electron chi connectivity index (χ0n) is 35.0. The van der Waals surface area contributed by atoms with Gasteiger partial charge in [0, 0.05) is 31.1 Å². The minimum Gasteiger partial charge on any atom is -0.456 e. The number of ketones is 1. The summed E-state index contributed by atoms with van der Waals surface area (Å²) in [7, 11) is 1.07. The number of nitrogens with one attached hydrogen (secondary N) is 1. The van der Waals surface area contributed by atoms with Crippen molar-refractivity contribution in [3.05, 3.63) is 82.9 Å². The molecule has 16 heteroatoms. The van der Waals surface area contributed by atoms with Crippen LogP contribution < -0.4 is 5.32 Å². The molecule has 61 heavy (non-hydrogen) atoms. The van der Waals surface area contributed by atoms with E-state index in [-0.39, 0.29) is 41.6 Å². The number of Topliss-reactive ketones (excluding diaryl/α,β-unsaturated/α-hetero) is 1. The second-order valence-electron chi connectivity index (χ2n) is 17.6. The summed E-state index contributed by atoms with van der Waals surface area (Å²) in [5.41, 5.74) is -7.41. The molecule has 4 fully saturated rings. The zero-order chi connectivity index (χ0) is 44.2. The molecule has 2 unspecified atom stereocenters. The number of carbonyl (C=O) groups is 6. The highest BCUT2D eigenvalue weighted by Crippen LogP contribution is 2.64. The van der Waals surface area contributed by atoms with E-state index in [0.717, 1.165) is 20.5 Å². The van der Waals surface area contributed by atoms with E-state index in [1.54, 1.807) is 62.4 Å². The van der Waals surface area contributed by atoms with Gasteiger partial charge in [-0.3, -0.25) is 14.4 Å². The van der Waals surface area contributed by atoms with E-state index in [9.17, 15) is 39.3 Å². The van der Waals surface area contributed by atoms with Crippen molar-refractivity contribution in [1.82, 2.24) is 5.32 Å². The molecule has 4 N–H and O–H groups in total. The molecule has 1 heterocycles. The van der Waals surface area contributed by atoms with E-state index in [1.165, 1.54) is 26.0 Å². The molecular weight excluding hydrogens is 794 g/mol. The minimum absolute atomic E-state index is 0.00538. The van der Waals surface area contributed by atoms with Gasteiger partial charge in [0.05, 0.1) is 42.8 Å². The van der Waals surface area contributed by atoms with Gasteiger partial charge in [-0.1, -0.05) is 68.8 Å². The van der Waals surface area contributed by atoms with Gasteiger partial charge in [0.2, 0.25) is 5.91 Å². The third-order valence-electron chi connectivity index (χ3n) is 14.0.